The van der Waals surface area contributed by atoms with Crippen LogP contribution in [0.1, 0.15) is 19.8 Å². The summed E-state index contributed by atoms with van der Waals surface area (Å²) in [5.74, 6) is 0.471. The van der Waals surface area contributed by atoms with E-state index in [9.17, 15) is 9.59 Å². The van der Waals surface area contributed by atoms with Crippen LogP contribution in [0.4, 0.5) is 0 Å². The summed E-state index contributed by atoms with van der Waals surface area (Å²) in [6, 6.07) is 0. The first-order chi connectivity index (χ1) is 6.63. The minimum atomic E-state index is 0.132. The van der Waals surface area contributed by atoms with Crippen molar-refractivity contribution in [2.24, 2.45) is 5.92 Å². The van der Waals surface area contributed by atoms with E-state index in [2.05, 4.69) is 10.2 Å². The van der Waals surface area contributed by atoms with Gasteiger partial charge in [0.1, 0.15) is 5.78 Å². The zero-order valence-electron chi connectivity index (χ0n) is 8.88. The molecule has 0 unspecified atom stereocenters. The monoisotopic (exact) mass is 198 g/mol. The molecule has 4 heteroatoms. The van der Waals surface area contributed by atoms with Gasteiger partial charge in [-0.3, -0.25) is 14.5 Å². The van der Waals surface area contributed by atoms with Crippen molar-refractivity contribution >= 4 is 11.7 Å². The van der Waals surface area contributed by atoms with E-state index < -0.39 is 0 Å². The summed E-state index contributed by atoms with van der Waals surface area (Å²) in [5, 5.41) is 2.67. The van der Waals surface area contributed by atoms with Crippen LogP contribution < -0.4 is 5.32 Å². The molecule has 1 fully saturated rings. The van der Waals surface area contributed by atoms with E-state index >= 15 is 0 Å². The third-order valence-corrected chi connectivity index (χ3v) is 2.65. The topological polar surface area (TPSA) is 49.4 Å². The van der Waals surface area contributed by atoms with Crippen molar-refractivity contribution in [1.82, 2.24) is 10.2 Å². The van der Waals surface area contributed by atoms with E-state index in [1.165, 1.54) is 0 Å². The molecule has 1 N–H and O–H groups in total. The largest absolute Gasteiger partial charge is 0.359 e. The third kappa shape index (κ3) is 3.10. The highest BCUT2D eigenvalue weighted by atomic mass is 16.1. The fraction of sp³-hybridized carbons (Fsp3) is 0.800. The Balaban J connectivity index is 2.31. The highest BCUT2D eigenvalue weighted by molar-refractivity contribution is 5.79. The average Bonchev–Trinajstić information content (AvgIpc) is 2.17. The first-order valence-corrected chi connectivity index (χ1v) is 5.07. The number of carbonyl (C=O) groups is 2. The molecule has 1 rings (SSSR count). The minimum Gasteiger partial charge on any atom is -0.359 e. The molecule has 80 valence electrons. The molecule has 1 amide bonds. The van der Waals surface area contributed by atoms with Crippen molar-refractivity contribution in [3.05, 3.63) is 0 Å². The normalized spacial score (nSPS) is 19.3. The standard InChI is InChI=1S/C10H18N2O2/c1-8(13)7-12-5-3-9(4-6-12)10(14)11-2/h9H,3-7H2,1-2H3,(H,11,14). The Bertz CT molecular complexity index is 220. The molecule has 0 atom stereocenters. The smallest absolute Gasteiger partial charge is 0.222 e. The summed E-state index contributed by atoms with van der Waals surface area (Å²) in [7, 11) is 1.67. The van der Waals surface area contributed by atoms with Gasteiger partial charge in [0.15, 0.2) is 0 Å². The second-order valence-electron chi connectivity index (χ2n) is 3.87. The highest BCUT2D eigenvalue weighted by Gasteiger charge is 2.24. The van der Waals surface area contributed by atoms with Crippen molar-refractivity contribution in [2.75, 3.05) is 26.7 Å². The summed E-state index contributed by atoms with van der Waals surface area (Å²) in [5.41, 5.74) is 0. The van der Waals surface area contributed by atoms with Crippen LogP contribution in [0.5, 0.6) is 0 Å². The van der Waals surface area contributed by atoms with Crippen LogP contribution >= 0.6 is 0 Å². The van der Waals surface area contributed by atoms with Gasteiger partial charge in [0.05, 0.1) is 6.54 Å². The molecular formula is C10H18N2O2. The predicted molar refractivity (Wildman–Crippen MR) is 53.9 cm³/mol. The Morgan fingerprint density at radius 2 is 1.93 bits per heavy atom. The van der Waals surface area contributed by atoms with Gasteiger partial charge in [0, 0.05) is 13.0 Å². The first-order valence-electron chi connectivity index (χ1n) is 5.07. The van der Waals surface area contributed by atoms with E-state index in [0.717, 1.165) is 25.9 Å². The Kier molecular flexibility index (Phi) is 4.07. The van der Waals surface area contributed by atoms with Crippen LogP contribution in [-0.2, 0) is 9.59 Å². The molecule has 4 nitrogen and oxygen atoms in total. The Morgan fingerprint density at radius 1 is 1.36 bits per heavy atom. The number of rotatable bonds is 3. The average molecular weight is 198 g/mol. The van der Waals surface area contributed by atoms with Crippen LogP contribution in [0.15, 0.2) is 0 Å². The lowest BCUT2D eigenvalue weighted by molar-refractivity contribution is -0.126. The number of Topliss-reactive ketones (excluding diaryl/α,β-unsaturated/α-hetero) is 1. The van der Waals surface area contributed by atoms with Gasteiger partial charge in [-0.25, -0.2) is 0 Å². The first kappa shape index (κ1) is 11.2. The van der Waals surface area contributed by atoms with Crippen molar-refractivity contribution in [3.63, 3.8) is 0 Å². The van der Waals surface area contributed by atoms with E-state index in [1.54, 1.807) is 14.0 Å². The SMILES string of the molecule is CNC(=O)C1CCN(CC(C)=O)CC1. The number of amides is 1. The third-order valence-electron chi connectivity index (χ3n) is 2.65. The molecule has 1 saturated heterocycles. The lowest BCUT2D eigenvalue weighted by Crippen LogP contribution is -2.41. The lowest BCUT2D eigenvalue weighted by Gasteiger charge is -2.30. The molecule has 0 aliphatic carbocycles. The maximum Gasteiger partial charge on any atom is 0.222 e. The van der Waals surface area contributed by atoms with Gasteiger partial charge in [-0.05, 0) is 32.9 Å². The molecule has 0 radical (unpaired) electrons. The van der Waals surface area contributed by atoms with Crippen LogP contribution in [0.3, 0.4) is 0 Å². The molecule has 14 heavy (non-hydrogen) atoms. The quantitative estimate of drug-likeness (QED) is 0.696. The molecule has 0 saturated carbocycles. The number of ketones is 1. The van der Waals surface area contributed by atoms with Crippen molar-refractivity contribution in [1.29, 1.82) is 0 Å². The predicted octanol–water partition coefficient (Wildman–Crippen LogP) is 0.0334. The fourth-order valence-corrected chi connectivity index (χ4v) is 1.87. The maximum absolute atomic E-state index is 11.3. The van der Waals surface area contributed by atoms with Gasteiger partial charge in [0.2, 0.25) is 5.91 Å². The van der Waals surface area contributed by atoms with Crippen LogP contribution in [0.2, 0.25) is 0 Å². The highest BCUT2D eigenvalue weighted by Crippen LogP contribution is 2.16. The van der Waals surface area contributed by atoms with Gasteiger partial charge >= 0.3 is 0 Å². The summed E-state index contributed by atoms with van der Waals surface area (Å²) in [6.45, 7) is 3.85. The molecule has 0 aromatic rings. The number of hydrogen-bond donors (Lipinski definition) is 1. The van der Waals surface area contributed by atoms with E-state index in [0.29, 0.717) is 6.54 Å². The summed E-state index contributed by atoms with van der Waals surface area (Å²) >= 11 is 0. The zero-order valence-corrected chi connectivity index (χ0v) is 8.88. The van der Waals surface area contributed by atoms with Crippen LogP contribution in [-0.4, -0.2) is 43.3 Å². The second kappa shape index (κ2) is 5.10. The number of likely N-dealkylation sites (tertiary alicyclic amines) is 1. The number of nitrogens with zero attached hydrogens (tertiary/aromatic N) is 1. The van der Waals surface area contributed by atoms with E-state index in [1.807, 2.05) is 0 Å². The second-order valence-corrected chi connectivity index (χ2v) is 3.87. The van der Waals surface area contributed by atoms with Crippen molar-refractivity contribution < 1.29 is 9.59 Å². The molecular weight excluding hydrogens is 180 g/mol. The number of nitrogens with one attached hydrogen (secondary N) is 1. The lowest BCUT2D eigenvalue weighted by atomic mass is 9.96. The minimum absolute atomic E-state index is 0.132. The van der Waals surface area contributed by atoms with Gasteiger partial charge in [-0.15, -0.1) is 0 Å². The Labute approximate surface area is 84.7 Å². The number of carbonyl (C=O) groups excluding carboxylic acids is 2. The molecule has 1 aliphatic rings. The van der Waals surface area contributed by atoms with Crippen molar-refractivity contribution in [2.45, 2.75) is 19.8 Å². The Hall–Kier alpha value is -0.900. The molecule has 1 heterocycles. The molecule has 0 aromatic heterocycles. The number of hydrogen-bond acceptors (Lipinski definition) is 3. The molecule has 0 aromatic carbocycles. The maximum atomic E-state index is 11.3. The summed E-state index contributed by atoms with van der Waals surface area (Å²) in [4.78, 5) is 24.3. The van der Waals surface area contributed by atoms with Gasteiger partial charge < -0.3 is 5.32 Å². The van der Waals surface area contributed by atoms with Gasteiger partial charge in [-0.1, -0.05) is 0 Å². The summed E-state index contributed by atoms with van der Waals surface area (Å²) < 4.78 is 0. The fourth-order valence-electron chi connectivity index (χ4n) is 1.87. The van der Waals surface area contributed by atoms with Crippen LogP contribution in [0, 0.1) is 5.92 Å². The Morgan fingerprint density at radius 3 is 2.36 bits per heavy atom. The molecule has 0 spiro atoms. The van der Waals surface area contributed by atoms with Crippen LogP contribution in [0.25, 0.3) is 0 Å². The summed E-state index contributed by atoms with van der Waals surface area (Å²) in [6.07, 6.45) is 1.74. The zero-order chi connectivity index (χ0) is 10.6. The van der Waals surface area contributed by atoms with E-state index in [4.69, 9.17) is 0 Å². The molecule has 0 bridgehead atoms. The molecule has 1 aliphatic heterocycles. The van der Waals surface area contributed by atoms with Gasteiger partial charge in [0.25, 0.3) is 0 Å². The van der Waals surface area contributed by atoms with Gasteiger partial charge in [-0.2, -0.15) is 0 Å². The number of piperidine rings is 1. The van der Waals surface area contributed by atoms with E-state index in [-0.39, 0.29) is 17.6 Å². The van der Waals surface area contributed by atoms with Crippen molar-refractivity contribution in [3.8, 4) is 0 Å².